The molecule has 14 nitrogen and oxygen atoms in total. The first kappa shape index (κ1) is 44.2. The molecule has 4 fully saturated rings. The van der Waals surface area contributed by atoms with E-state index in [-0.39, 0.29) is 130 Å². The standard InChI is InChI=1S/C36H47NO13.2Ac/c1-6-47-32(44)37-24(18-12-13-18)26(40)31(43)49-20-15-36(46)29(50-30(42)19-10-8-7-9-11-19)27-34(5,21(38)14-22-35(27,45)16-48-22)28(41)25(39)23(17(20)2)33(36,3)4;;/h7-11,18,20-22,24-27,29,38-40,45-46H,6,12-16H2,1-5H3,(H,37,44);;/t20?,21-,22+,24-,25+,26+,27-,29-,34+,35-,36+;;/m0../s1. The zero-order chi connectivity index (χ0) is 36.6. The third-order valence-electron chi connectivity index (χ3n) is 12.1. The van der Waals surface area contributed by atoms with Crippen molar-refractivity contribution in [1.29, 1.82) is 0 Å². The number of rotatable bonds is 8. The molecule has 6 rings (SSSR count). The monoisotopic (exact) mass is 1160 g/mol. The zero-order valence-electron chi connectivity index (χ0n) is 30.0. The first-order valence-corrected chi connectivity index (χ1v) is 17.2. The van der Waals surface area contributed by atoms with Crippen molar-refractivity contribution in [2.24, 2.45) is 22.7 Å². The molecule has 1 aromatic carbocycles. The number of amides is 1. The normalized spacial score (nSPS) is 37.1. The van der Waals surface area contributed by atoms with Crippen LogP contribution in [-0.2, 0) is 28.5 Å². The number of aliphatic hydroxyl groups excluding tert-OH is 3. The van der Waals surface area contributed by atoms with Gasteiger partial charge in [0.2, 0.25) is 0 Å². The summed E-state index contributed by atoms with van der Waals surface area (Å²) in [6.07, 6.45) is -9.44. The average Bonchev–Trinajstić information content (AvgIpc) is 3.91. The average molecular weight is 1160 g/mol. The van der Waals surface area contributed by atoms with Gasteiger partial charge in [-0.1, -0.05) is 32.0 Å². The Balaban J connectivity index is 0.00000302. The first-order valence-electron chi connectivity index (χ1n) is 17.2. The second-order valence-corrected chi connectivity index (χ2v) is 15.2. The molecule has 1 heterocycles. The number of nitrogens with one attached hydrogen (secondary N) is 1. The van der Waals surface area contributed by atoms with Crippen LogP contribution >= 0.6 is 0 Å². The van der Waals surface area contributed by atoms with E-state index in [2.05, 4.69) is 5.32 Å². The quantitative estimate of drug-likeness (QED) is 0.122. The molecule has 6 N–H and O–H groups in total. The van der Waals surface area contributed by atoms with Gasteiger partial charge in [-0.15, -0.1) is 0 Å². The fraction of sp³-hybridized carbons (Fsp3) is 0.667. The minimum absolute atomic E-state index is 0. The number of esters is 2. The maximum Gasteiger partial charge on any atom is 0.407 e. The molecule has 1 aromatic rings. The molecule has 280 valence electrons. The van der Waals surface area contributed by atoms with Crippen LogP contribution in [0.2, 0.25) is 0 Å². The topological polar surface area (TPSA) is 218 Å². The Kier molecular flexibility index (Phi) is 13.7. The maximum absolute atomic E-state index is 14.6. The largest absolute Gasteiger partial charge is 0.456 e. The number of carbonyl (C=O) groups excluding carboxylic acids is 4. The molecule has 11 atom stereocenters. The second kappa shape index (κ2) is 16.2. The minimum Gasteiger partial charge on any atom is -0.456 e. The van der Waals surface area contributed by atoms with Crippen LogP contribution in [0.25, 0.3) is 0 Å². The zero-order valence-corrected chi connectivity index (χ0v) is 39.5. The van der Waals surface area contributed by atoms with E-state index < -0.39 is 101 Å². The molecule has 2 bridgehead atoms. The molecule has 0 aromatic heterocycles. The van der Waals surface area contributed by atoms with Crippen LogP contribution in [0, 0.1) is 111 Å². The van der Waals surface area contributed by atoms with Gasteiger partial charge >= 0.3 is 18.0 Å². The van der Waals surface area contributed by atoms with Gasteiger partial charge in [0, 0.05) is 112 Å². The summed E-state index contributed by atoms with van der Waals surface area (Å²) in [6, 6.07) is 6.89. The first-order chi connectivity index (χ1) is 23.4. The molecule has 2 radical (unpaired) electrons. The van der Waals surface area contributed by atoms with Crippen LogP contribution in [-0.4, -0.2) is 116 Å². The molecule has 1 amide bonds. The van der Waals surface area contributed by atoms with Crippen LogP contribution in [0.5, 0.6) is 0 Å². The summed E-state index contributed by atoms with van der Waals surface area (Å²) in [4.78, 5) is 54.2. The molecule has 5 aliphatic rings. The molecule has 1 aliphatic heterocycles. The number of Topliss-reactive ketones (excluding diaryl/α,β-unsaturated/α-hetero) is 1. The van der Waals surface area contributed by atoms with Gasteiger partial charge < -0.3 is 49.8 Å². The summed E-state index contributed by atoms with van der Waals surface area (Å²) in [7, 11) is 0. The molecule has 1 unspecified atom stereocenters. The number of hydrogen-bond acceptors (Lipinski definition) is 13. The van der Waals surface area contributed by atoms with Crippen molar-refractivity contribution in [2.75, 3.05) is 13.2 Å². The van der Waals surface area contributed by atoms with E-state index in [9.17, 15) is 44.7 Å². The van der Waals surface area contributed by atoms with Gasteiger partial charge in [-0.25, -0.2) is 14.4 Å². The Bertz CT molecular complexity index is 1590. The number of ether oxygens (including phenoxy) is 4. The molecular weight excluding hydrogens is 1110 g/mol. The molecular formula is C36H47Ac2NO13. The molecule has 16 heteroatoms. The van der Waals surface area contributed by atoms with E-state index in [1.807, 2.05) is 0 Å². The van der Waals surface area contributed by atoms with Crippen molar-refractivity contribution >= 4 is 23.8 Å². The fourth-order valence-electron chi connectivity index (χ4n) is 8.95. The number of hydrogen-bond donors (Lipinski definition) is 6. The molecule has 0 spiro atoms. The van der Waals surface area contributed by atoms with Gasteiger partial charge in [0.25, 0.3) is 0 Å². The second-order valence-electron chi connectivity index (χ2n) is 15.2. The van der Waals surface area contributed by atoms with Crippen molar-refractivity contribution in [3.05, 3.63) is 47.0 Å². The Labute approximate surface area is 373 Å². The van der Waals surface area contributed by atoms with Gasteiger partial charge in [-0.3, -0.25) is 4.79 Å². The molecule has 3 saturated carbocycles. The van der Waals surface area contributed by atoms with E-state index in [4.69, 9.17) is 18.9 Å². The third-order valence-corrected chi connectivity index (χ3v) is 12.1. The summed E-state index contributed by atoms with van der Waals surface area (Å²) in [6.45, 7) is 7.42. The van der Waals surface area contributed by atoms with E-state index in [1.165, 1.54) is 26.0 Å². The number of fused-ring (bicyclic) bond motifs is 5. The van der Waals surface area contributed by atoms with Gasteiger partial charge in [0.1, 0.15) is 29.5 Å². The predicted octanol–water partition coefficient (Wildman–Crippen LogP) is 0.948. The van der Waals surface area contributed by atoms with Crippen molar-refractivity contribution in [3.63, 3.8) is 0 Å². The Morgan fingerprint density at radius 2 is 1.67 bits per heavy atom. The SMILES string of the molecule is CCOC(=O)N[C@@H](C1CC1)[C@@H](O)C(=O)OC1C[C@@]2(O)[C@@H](OC(=O)c3ccccc3)[C@@H]3[C@]4(O)CO[C@@H]4C[C@H](O)[C@@]3(C)C(=O)[C@H](O)C(=C1C)C2(C)C.[Ac].[Ac]. The predicted molar refractivity (Wildman–Crippen MR) is 172 cm³/mol. The van der Waals surface area contributed by atoms with Gasteiger partial charge in [0.05, 0.1) is 42.4 Å². The van der Waals surface area contributed by atoms with Gasteiger partial charge in [-0.2, -0.15) is 0 Å². The van der Waals surface area contributed by atoms with E-state index in [0.717, 1.165) is 0 Å². The summed E-state index contributed by atoms with van der Waals surface area (Å²) in [5.41, 5.74) is -7.32. The van der Waals surface area contributed by atoms with Crippen LogP contribution in [0.15, 0.2) is 41.5 Å². The number of benzene rings is 1. The molecule has 1 saturated heterocycles. The van der Waals surface area contributed by atoms with Crippen LogP contribution < -0.4 is 5.32 Å². The fourth-order valence-corrected chi connectivity index (χ4v) is 8.95. The van der Waals surface area contributed by atoms with Gasteiger partial charge in [-0.05, 0) is 62.8 Å². The number of alkyl carbamates (subject to hydrolysis) is 1. The molecule has 4 aliphatic carbocycles. The number of ketones is 1. The summed E-state index contributed by atoms with van der Waals surface area (Å²) >= 11 is 0. The summed E-state index contributed by atoms with van der Waals surface area (Å²) in [5, 5.41) is 62.4. The van der Waals surface area contributed by atoms with Crippen molar-refractivity contribution in [2.45, 2.75) is 114 Å². The summed E-state index contributed by atoms with van der Waals surface area (Å²) in [5.74, 6) is -4.60. The Morgan fingerprint density at radius 3 is 2.23 bits per heavy atom. The van der Waals surface area contributed by atoms with Crippen molar-refractivity contribution in [1.82, 2.24) is 5.32 Å². The van der Waals surface area contributed by atoms with Crippen molar-refractivity contribution in [3.8, 4) is 0 Å². The van der Waals surface area contributed by atoms with Crippen molar-refractivity contribution < 1.29 is 152 Å². The molecule has 52 heavy (non-hydrogen) atoms. The summed E-state index contributed by atoms with van der Waals surface area (Å²) < 4.78 is 22.6. The van der Waals surface area contributed by atoms with E-state index in [1.54, 1.807) is 39.0 Å². The van der Waals surface area contributed by atoms with E-state index in [0.29, 0.717) is 12.8 Å². The third kappa shape index (κ3) is 7.16. The maximum atomic E-state index is 14.6. The number of aliphatic hydroxyl groups is 5. The van der Waals surface area contributed by atoms with E-state index >= 15 is 0 Å². The van der Waals surface area contributed by atoms with Crippen LogP contribution in [0.3, 0.4) is 0 Å². The number of carbonyl (C=O) groups is 4. The van der Waals surface area contributed by atoms with Crippen LogP contribution in [0.1, 0.15) is 70.7 Å². The Hall–Kier alpha value is -0.517. The van der Waals surface area contributed by atoms with Gasteiger partial charge in [0.15, 0.2) is 11.9 Å². The Morgan fingerprint density at radius 1 is 1.04 bits per heavy atom. The minimum atomic E-state index is -2.26. The smallest absolute Gasteiger partial charge is 0.407 e. The van der Waals surface area contributed by atoms with Crippen LogP contribution in [0.4, 0.5) is 4.79 Å².